The van der Waals surface area contributed by atoms with E-state index in [-0.39, 0.29) is 18.0 Å². The van der Waals surface area contributed by atoms with Gasteiger partial charge in [-0.05, 0) is 76.6 Å². The summed E-state index contributed by atoms with van der Waals surface area (Å²) in [5, 5.41) is 3.63. The second-order valence-electron chi connectivity index (χ2n) is 9.54. The molecule has 1 aromatic rings. The highest BCUT2D eigenvalue weighted by molar-refractivity contribution is 5.93. The van der Waals surface area contributed by atoms with Crippen LogP contribution in [-0.4, -0.2) is 47.7 Å². The highest BCUT2D eigenvalue weighted by Crippen LogP contribution is 2.36. The van der Waals surface area contributed by atoms with Gasteiger partial charge in [-0.2, -0.15) is 0 Å². The van der Waals surface area contributed by atoms with E-state index in [2.05, 4.69) is 37.4 Å². The zero-order valence-corrected chi connectivity index (χ0v) is 18.6. The molecular formula is C23H35N3O3. The zero-order valence-electron chi connectivity index (χ0n) is 18.6. The second kappa shape index (κ2) is 8.25. The molecule has 29 heavy (non-hydrogen) atoms. The number of ether oxygens (including phenoxy) is 1. The molecule has 1 aromatic carbocycles. The molecule has 0 aromatic heterocycles. The number of piperidine rings is 1. The quantitative estimate of drug-likeness (QED) is 0.796. The first-order valence-electron chi connectivity index (χ1n) is 10.7. The third-order valence-corrected chi connectivity index (χ3v) is 5.97. The van der Waals surface area contributed by atoms with Crippen molar-refractivity contribution in [3.8, 4) is 0 Å². The molecule has 6 heteroatoms. The number of fused-ring (bicyclic) bond motifs is 1. The van der Waals surface area contributed by atoms with E-state index in [1.165, 1.54) is 5.56 Å². The van der Waals surface area contributed by atoms with Crippen LogP contribution in [0.15, 0.2) is 18.2 Å². The maximum absolute atomic E-state index is 12.2. The van der Waals surface area contributed by atoms with Crippen LogP contribution < -0.4 is 10.2 Å². The third kappa shape index (κ3) is 5.03. The first-order chi connectivity index (χ1) is 13.5. The molecule has 0 saturated carbocycles. The molecule has 0 bridgehead atoms. The number of hydrogen-bond donors (Lipinski definition) is 1. The Hall–Kier alpha value is -2.24. The normalized spacial score (nSPS) is 22.8. The maximum Gasteiger partial charge on any atom is 0.410 e. The summed E-state index contributed by atoms with van der Waals surface area (Å²) in [6.07, 6.45) is 2.54. The fraction of sp³-hybridized carbons (Fsp3) is 0.652. The van der Waals surface area contributed by atoms with Crippen molar-refractivity contribution in [1.29, 1.82) is 0 Å². The van der Waals surface area contributed by atoms with Crippen molar-refractivity contribution in [3.63, 3.8) is 0 Å². The predicted octanol–water partition coefficient (Wildman–Crippen LogP) is 4.43. The maximum atomic E-state index is 12.2. The molecule has 1 saturated heterocycles. The zero-order chi connectivity index (χ0) is 21.3. The van der Waals surface area contributed by atoms with Gasteiger partial charge in [-0.1, -0.05) is 6.92 Å². The van der Waals surface area contributed by atoms with Crippen LogP contribution in [0.25, 0.3) is 0 Å². The first-order valence-corrected chi connectivity index (χ1v) is 10.7. The highest BCUT2D eigenvalue weighted by Gasteiger charge is 2.31. The monoisotopic (exact) mass is 401 g/mol. The van der Waals surface area contributed by atoms with Crippen molar-refractivity contribution in [2.45, 2.75) is 78.5 Å². The van der Waals surface area contributed by atoms with E-state index in [4.69, 9.17) is 4.74 Å². The Labute approximate surface area is 174 Å². The van der Waals surface area contributed by atoms with Crippen LogP contribution in [0.1, 0.15) is 59.9 Å². The molecule has 1 N–H and O–H groups in total. The number of amides is 2. The van der Waals surface area contributed by atoms with Gasteiger partial charge in [0.15, 0.2) is 0 Å². The van der Waals surface area contributed by atoms with E-state index in [1.807, 2.05) is 25.7 Å². The van der Waals surface area contributed by atoms with Crippen LogP contribution in [0.4, 0.5) is 16.2 Å². The van der Waals surface area contributed by atoms with Crippen LogP contribution in [0.2, 0.25) is 0 Å². The first kappa shape index (κ1) is 21.5. The van der Waals surface area contributed by atoms with Gasteiger partial charge in [0, 0.05) is 43.5 Å². The number of likely N-dealkylation sites (tertiary alicyclic amines) is 1. The number of benzene rings is 1. The van der Waals surface area contributed by atoms with Gasteiger partial charge in [0.1, 0.15) is 5.60 Å². The topological polar surface area (TPSA) is 61.9 Å². The molecule has 1 fully saturated rings. The molecule has 3 rings (SSSR count). The van der Waals surface area contributed by atoms with Gasteiger partial charge in [0.05, 0.1) is 0 Å². The van der Waals surface area contributed by atoms with E-state index < -0.39 is 5.60 Å². The minimum atomic E-state index is -0.461. The summed E-state index contributed by atoms with van der Waals surface area (Å²) < 4.78 is 5.48. The van der Waals surface area contributed by atoms with Crippen molar-refractivity contribution < 1.29 is 14.3 Å². The molecule has 2 amide bonds. The molecule has 0 unspecified atom stereocenters. The minimum Gasteiger partial charge on any atom is -0.444 e. The highest BCUT2D eigenvalue weighted by atomic mass is 16.6. The lowest BCUT2D eigenvalue weighted by Gasteiger charge is -2.39. The van der Waals surface area contributed by atoms with E-state index in [1.54, 1.807) is 11.8 Å². The molecule has 160 valence electrons. The van der Waals surface area contributed by atoms with Gasteiger partial charge >= 0.3 is 6.09 Å². The molecule has 2 heterocycles. The standard InChI is InChI=1S/C23H35N3O3/c1-15-13-18-14-20(7-8-21(18)26(16(15)2)17(3)27)24-19-9-11-25(12-10-19)22(28)29-23(4,5)6/h7-8,14-16,19,24H,9-13H2,1-6H3/t15-,16+/m1/s1. The number of anilines is 2. The van der Waals surface area contributed by atoms with Crippen LogP contribution in [0, 0.1) is 5.92 Å². The molecule has 0 spiro atoms. The number of carbonyl (C=O) groups excluding carboxylic acids is 2. The van der Waals surface area contributed by atoms with Crippen molar-refractivity contribution in [1.82, 2.24) is 4.90 Å². The van der Waals surface area contributed by atoms with Gasteiger partial charge in [-0.3, -0.25) is 4.79 Å². The van der Waals surface area contributed by atoms with Crippen LogP contribution in [-0.2, 0) is 16.0 Å². The van der Waals surface area contributed by atoms with Crippen molar-refractivity contribution >= 4 is 23.4 Å². The lowest BCUT2D eigenvalue weighted by Crippen LogP contribution is -2.45. The van der Waals surface area contributed by atoms with Gasteiger partial charge in [-0.15, -0.1) is 0 Å². The lowest BCUT2D eigenvalue weighted by atomic mass is 9.87. The summed E-state index contributed by atoms with van der Waals surface area (Å²) in [6.45, 7) is 13.0. The Balaban J connectivity index is 1.62. The van der Waals surface area contributed by atoms with Crippen LogP contribution in [0.5, 0.6) is 0 Å². The smallest absolute Gasteiger partial charge is 0.410 e. The average molecular weight is 402 g/mol. The molecule has 0 radical (unpaired) electrons. The Bertz CT molecular complexity index is 763. The van der Waals surface area contributed by atoms with Crippen molar-refractivity contribution in [2.24, 2.45) is 5.92 Å². The van der Waals surface area contributed by atoms with Gasteiger partial charge in [0.25, 0.3) is 0 Å². The van der Waals surface area contributed by atoms with Crippen molar-refractivity contribution in [3.05, 3.63) is 23.8 Å². The Morgan fingerprint density at radius 3 is 2.38 bits per heavy atom. The molecule has 0 aliphatic carbocycles. The molecular weight excluding hydrogens is 366 g/mol. The largest absolute Gasteiger partial charge is 0.444 e. The minimum absolute atomic E-state index is 0.0977. The molecule has 6 nitrogen and oxygen atoms in total. The van der Waals surface area contributed by atoms with E-state index in [9.17, 15) is 9.59 Å². The van der Waals surface area contributed by atoms with Crippen molar-refractivity contribution in [2.75, 3.05) is 23.3 Å². The number of rotatable bonds is 2. The fourth-order valence-corrected chi connectivity index (χ4v) is 4.29. The Morgan fingerprint density at radius 1 is 1.14 bits per heavy atom. The number of carbonyl (C=O) groups is 2. The fourth-order valence-electron chi connectivity index (χ4n) is 4.29. The SMILES string of the molecule is CC(=O)N1c2ccc(NC3CCN(C(=O)OC(C)(C)C)CC3)cc2C[C@@H](C)[C@@H]1C. The summed E-state index contributed by atoms with van der Waals surface area (Å²) in [5.74, 6) is 0.527. The summed E-state index contributed by atoms with van der Waals surface area (Å²) in [6, 6.07) is 6.87. The molecule has 2 aliphatic rings. The van der Waals surface area contributed by atoms with Crippen LogP contribution >= 0.6 is 0 Å². The second-order valence-corrected chi connectivity index (χ2v) is 9.54. The summed E-state index contributed by atoms with van der Waals surface area (Å²) in [5.41, 5.74) is 2.89. The lowest BCUT2D eigenvalue weighted by molar-refractivity contribution is -0.117. The Morgan fingerprint density at radius 2 is 1.79 bits per heavy atom. The molecule has 2 atom stereocenters. The van der Waals surface area contributed by atoms with E-state index in [0.717, 1.165) is 30.6 Å². The summed E-state index contributed by atoms with van der Waals surface area (Å²) >= 11 is 0. The third-order valence-electron chi connectivity index (χ3n) is 5.97. The molecule has 2 aliphatic heterocycles. The predicted molar refractivity (Wildman–Crippen MR) is 116 cm³/mol. The number of nitrogens with zero attached hydrogens (tertiary/aromatic N) is 2. The van der Waals surface area contributed by atoms with Gasteiger partial charge in [-0.25, -0.2) is 4.79 Å². The Kier molecular flexibility index (Phi) is 6.11. The van der Waals surface area contributed by atoms with E-state index in [0.29, 0.717) is 25.0 Å². The van der Waals surface area contributed by atoms with E-state index >= 15 is 0 Å². The number of hydrogen-bond acceptors (Lipinski definition) is 4. The summed E-state index contributed by atoms with van der Waals surface area (Å²) in [4.78, 5) is 28.1. The number of nitrogens with one attached hydrogen (secondary N) is 1. The van der Waals surface area contributed by atoms with Crippen LogP contribution in [0.3, 0.4) is 0 Å². The summed E-state index contributed by atoms with van der Waals surface area (Å²) in [7, 11) is 0. The average Bonchev–Trinajstić information content (AvgIpc) is 2.61. The van der Waals surface area contributed by atoms with Gasteiger partial charge in [0.2, 0.25) is 5.91 Å². The van der Waals surface area contributed by atoms with Gasteiger partial charge < -0.3 is 19.9 Å².